The predicted octanol–water partition coefficient (Wildman–Crippen LogP) is 2.67. The number of carbonyl (C=O) groups excluding carboxylic acids is 1. The van der Waals surface area contributed by atoms with Crippen LogP contribution in [0.3, 0.4) is 0 Å². The Bertz CT molecular complexity index is 1090. The number of sulfonamides is 1. The van der Waals surface area contributed by atoms with Crippen LogP contribution in [-0.4, -0.2) is 54.6 Å². The number of carbonyl (C=O) groups is 1. The summed E-state index contributed by atoms with van der Waals surface area (Å²) in [6.07, 6.45) is 0. The molecule has 0 bridgehead atoms. The molecule has 0 radical (unpaired) electrons. The second-order valence-corrected chi connectivity index (χ2v) is 8.51. The molecule has 0 spiro atoms. The normalized spacial score (nSPS) is 15.3. The van der Waals surface area contributed by atoms with Crippen LogP contribution in [0.5, 0.6) is 0 Å². The number of hydrogen-bond acceptors (Lipinski definition) is 5. The van der Waals surface area contributed by atoms with Gasteiger partial charge in [-0.1, -0.05) is 11.6 Å². The Kier molecular flexibility index (Phi) is 5.82. The van der Waals surface area contributed by atoms with Crippen LogP contribution in [-0.2, 0) is 10.0 Å². The van der Waals surface area contributed by atoms with E-state index in [4.69, 9.17) is 11.6 Å². The zero-order valence-corrected chi connectivity index (χ0v) is 16.3. The molecule has 0 saturated carbocycles. The van der Waals surface area contributed by atoms with Gasteiger partial charge in [0.1, 0.15) is 16.5 Å². The van der Waals surface area contributed by atoms with Crippen LogP contribution in [0.25, 0.3) is 0 Å². The number of halogens is 3. The number of benzene rings is 2. The predicted molar refractivity (Wildman–Crippen MR) is 99.1 cm³/mol. The quantitative estimate of drug-likeness (QED) is 0.532. The lowest BCUT2D eigenvalue weighted by molar-refractivity contribution is -0.384. The van der Waals surface area contributed by atoms with E-state index in [1.54, 1.807) is 0 Å². The van der Waals surface area contributed by atoms with E-state index < -0.39 is 37.4 Å². The molecular weight excluding hydrogens is 432 g/mol. The first-order chi connectivity index (χ1) is 13.6. The van der Waals surface area contributed by atoms with Gasteiger partial charge in [-0.05, 0) is 24.3 Å². The van der Waals surface area contributed by atoms with Crippen molar-refractivity contribution in [3.8, 4) is 0 Å². The van der Waals surface area contributed by atoms with E-state index in [-0.39, 0.29) is 42.5 Å². The Balaban J connectivity index is 1.74. The number of nitrogens with zero attached hydrogens (tertiary/aromatic N) is 3. The number of non-ortho nitro benzene ring substituents is 1. The molecule has 1 heterocycles. The van der Waals surface area contributed by atoms with Gasteiger partial charge in [0.05, 0.1) is 15.5 Å². The maximum Gasteiger partial charge on any atom is 0.270 e. The van der Waals surface area contributed by atoms with Crippen molar-refractivity contribution in [1.82, 2.24) is 9.21 Å². The summed E-state index contributed by atoms with van der Waals surface area (Å²) >= 11 is 5.97. The molecule has 154 valence electrons. The molecule has 8 nitrogen and oxygen atoms in total. The van der Waals surface area contributed by atoms with Gasteiger partial charge in [0.25, 0.3) is 11.6 Å². The third kappa shape index (κ3) is 4.21. The largest absolute Gasteiger partial charge is 0.336 e. The van der Waals surface area contributed by atoms with Crippen molar-refractivity contribution in [2.75, 3.05) is 26.2 Å². The maximum atomic E-state index is 13.9. The number of hydrogen-bond donors (Lipinski definition) is 0. The number of amides is 1. The molecule has 29 heavy (non-hydrogen) atoms. The van der Waals surface area contributed by atoms with Crippen LogP contribution in [0.1, 0.15) is 10.4 Å². The fraction of sp³-hybridized carbons (Fsp3) is 0.235. The zero-order valence-electron chi connectivity index (χ0n) is 14.7. The van der Waals surface area contributed by atoms with Crippen molar-refractivity contribution in [2.45, 2.75) is 4.90 Å². The highest BCUT2D eigenvalue weighted by Crippen LogP contribution is 2.25. The molecule has 1 amide bonds. The average Bonchev–Trinajstić information content (AvgIpc) is 2.69. The van der Waals surface area contributed by atoms with Gasteiger partial charge in [0, 0.05) is 38.3 Å². The fourth-order valence-corrected chi connectivity index (χ4v) is 4.66. The first kappa shape index (κ1) is 21.1. The molecule has 2 aromatic carbocycles. The van der Waals surface area contributed by atoms with Gasteiger partial charge in [-0.15, -0.1) is 0 Å². The summed E-state index contributed by atoms with van der Waals surface area (Å²) in [6.45, 7) is -0.284. The number of nitro groups is 1. The lowest BCUT2D eigenvalue weighted by Gasteiger charge is -2.34. The summed E-state index contributed by atoms with van der Waals surface area (Å²) in [6, 6.07) is 5.60. The van der Waals surface area contributed by atoms with Crippen molar-refractivity contribution >= 4 is 33.2 Å². The third-order valence-corrected chi connectivity index (χ3v) is 6.66. The van der Waals surface area contributed by atoms with E-state index in [0.717, 1.165) is 28.6 Å². The SMILES string of the molecule is O=C(c1ccc([N+](=O)[O-])cc1Cl)N1CCN(S(=O)(=O)c2cc(F)ccc2F)CC1. The highest BCUT2D eigenvalue weighted by molar-refractivity contribution is 7.89. The standard InChI is InChI=1S/C17H14ClF2N3O5S/c18-14-10-12(23(25)26)2-3-13(14)17(24)21-5-7-22(8-6-21)29(27,28)16-9-11(19)1-4-15(16)20/h1-4,9-10H,5-8H2. The Labute approximate surface area is 169 Å². The minimum atomic E-state index is -4.27. The topological polar surface area (TPSA) is 101 Å². The van der Waals surface area contributed by atoms with Gasteiger partial charge in [0.15, 0.2) is 0 Å². The van der Waals surface area contributed by atoms with Crippen LogP contribution in [0, 0.1) is 21.7 Å². The van der Waals surface area contributed by atoms with Crippen LogP contribution < -0.4 is 0 Å². The second kappa shape index (κ2) is 8.01. The maximum absolute atomic E-state index is 13.9. The second-order valence-electron chi connectivity index (χ2n) is 6.19. The molecule has 0 aliphatic carbocycles. The summed E-state index contributed by atoms with van der Waals surface area (Å²) in [4.78, 5) is 23.3. The van der Waals surface area contributed by atoms with Crippen LogP contribution >= 0.6 is 11.6 Å². The summed E-state index contributed by atoms with van der Waals surface area (Å²) < 4.78 is 53.4. The Morgan fingerprint density at radius 2 is 1.72 bits per heavy atom. The summed E-state index contributed by atoms with van der Waals surface area (Å²) in [5.74, 6) is -2.46. The molecule has 2 aromatic rings. The summed E-state index contributed by atoms with van der Waals surface area (Å²) in [5, 5.41) is 10.7. The molecule has 3 rings (SSSR count). The van der Waals surface area contributed by atoms with E-state index in [0.29, 0.717) is 6.07 Å². The van der Waals surface area contributed by atoms with Gasteiger partial charge in [-0.3, -0.25) is 14.9 Å². The van der Waals surface area contributed by atoms with Crippen molar-refractivity contribution in [3.63, 3.8) is 0 Å². The first-order valence-corrected chi connectivity index (χ1v) is 10.1. The lowest BCUT2D eigenvalue weighted by Crippen LogP contribution is -2.50. The van der Waals surface area contributed by atoms with E-state index in [9.17, 15) is 32.1 Å². The zero-order chi connectivity index (χ0) is 21.3. The number of piperazine rings is 1. The van der Waals surface area contributed by atoms with E-state index in [1.807, 2.05) is 0 Å². The molecule has 12 heteroatoms. The molecule has 1 aliphatic heterocycles. The molecular formula is C17H14ClF2N3O5S. The van der Waals surface area contributed by atoms with Crippen molar-refractivity contribution in [1.29, 1.82) is 0 Å². The first-order valence-electron chi connectivity index (χ1n) is 8.29. The Morgan fingerprint density at radius 3 is 2.31 bits per heavy atom. The third-order valence-electron chi connectivity index (χ3n) is 4.43. The highest BCUT2D eigenvalue weighted by atomic mass is 35.5. The smallest absolute Gasteiger partial charge is 0.270 e. The van der Waals surface area contributed by atoms with E-state index in [2.05, 4.69) is 0 Å². The van der Waals surface area contributed by atoms with Crippen molar-refractivity contribution in [3.05, 3.63) is 68.7 Å². The number of nitro benzene ring substituents is 1. The molecule has 1 aliphatic rings. The molecule has 1 saturated heterocycles. The van der Waals surface area contributed by atoms with Gasteiger partial charge in [-0.2, -0.15) is 4.31 Å². The number of rotatable bonds is 4. The summed E-state index contributed by atoms with van der Waals surface area (Å²) in [7, 11) is -4.27. The van der Waals surface area contributed by atoms with E-state index in [1.165, 1.54) is 11.0 Å². The van der Waals surface area contributed by atoms with Crippen LogP contribution in [0.2, 0.25) is 5.02 Å². The average molecular weight is 446 g/mol. The summed E-state index contributed by atoms with van der Waals surface area (Å²) in [5.41, 5.74) is -0.218. The Morgan fingerprint density at radius 1 is 1.07 bits per heavy atom. The minimum absolute atomic E-state index is 0.0116. The minimum Gasteiger partial charge on any atom is -0.336 e. The van der Waals surface area contributed by atoms with Crippen molar-refractivity contribution < 1.29 is 26.9 Å². The van der Waals surface area contributed by atoms with Gasteiger partial charge >= 0.3 is 0 Å². The molecule has 0 atom stereocenters. The molecule has 0 aromatic heterocycles. The van der Waals surface area contributed by atoms with E-state index >= 15 is 0 Å². The van der Waals surface area contributed by atoms with Crippen LogP contribution in [0.15, 0.2) is 41.3 Å². The van der Waals surface area contributed by atoms with Gasteiger partial charge < -0.3 is 4.90 Å². The fourth-order valence-electron chi connectivity index (χ4n) is 2.91. The highest BCUT2D eigenvalue weighted by Gasteiger charge is 2.33. The molecule has 1 fully saturated rings. The van der Waals surface area contributed by atoms with Gasteiger partial charge in [-0.25, -0.2) is 17.2 Å². The monoisotopic (exact) mass is 445 g/mol. The molecule has 0 unspecified atom stereocenters. The Hall–Kier alpha value is -2.63. The molecule has 0 N–H and O–H groups in total. The van der Waals surface area contributed by atoms with Crippen LogP contribution in [0.4, 0.5) is 14.5 Å². The van der Waals surface area contributed by atoms with Gasteiger partial charge in [0.2, 0.25) is 10.0 Å². The van der Waals surface area contributed by atoms with Crippen molar-refractivity contribution in [2.24, 2.45) is 0 Å². The lowest BCUT2D eigenvalue weighted by atomic mass is 10.1.